The van der Waals surface area contributed by atoms with Crippen LogP contribution in [0.5, 0.6) is 0 Å². The summed E-state index contributed by atoms with van der Waals surface area (Å²) in [4.78, 5) is 0. The van der Waals surface area contributed by atoms with Gasteiger partial charge >= 0.3 is 0 Å². The molecule has 0 aliphatic rings. The van der Waals surface area contributed by atoms with Crippen molar-refractivity contribution in [3.63, 3.8) is 0 Å². The Labute approximate surface area is 129 Å². The van der Waals surface area contributed by atoms with Gasteiger partial charge in [0, 0.05) is 5.02 Å². The molecule has 0 aromatic heterocycles. The predicted octanol–water partition coefficient (Wildman–Crippen LogP) is 4.23. The van der Waals surface area contributed by atoms with Crippen molar-refractivity contribution in [2.45, 2.75) is 11.1 Å². The average molecular weight is 329 g/mol. The Kier molecular flexibility index (Phi) is 5.08. The minimum Gasteiger partial charge on any atom is -0.228 e. The summed E-state index contributed by atoms with van der Waals surface area (Å²) in [5.41, 5.74) is 1.53. The smallest absolute Gasteiger partial charge is 0.156 e. The second-order valence-corrected chi connectivity index (χ2v) is 7.63. The topological polar surface area (TPSA) is 34.1 Å². The van der Waals surface area contributed by atoms with Crippen molar-refractivity contribution >= 4 is 33.0 Å². The second-order valence-electron chi connectivity index (χ2n) is 4.56. The molecule has 0 fully saturated rings. The molecular formula is C15H14Cl2O2S. The Morgan fingerprint density at radius 2 is 1.55 bits per heavy atom. The standard InChI is InChI=1S/C15H14Cl2O2S/c16-14-8-6-12(7-9-14)10-20(18,19)11-15(17)13-4-2-1-3-5-13/h1-9,15H,10-11H2. The zero-order valence-corrected chi connectivity index (χ0v) is 13.0. The molecule has 0 aliphatic carbocycles. The number of benzene rings is 2. The first-order valence-electron chi connectivity index (χ1n) is 6.10. The van der Waals surface area contributed by atoms with Crippen LogP contribution >= 0.6 is 23.2 Å². The number of rotatable bonds is 5. The van der Waals surface area contributed by atoms with Crippen LogP contribution in [0.4, 0.5) is 0 Å². The minimum absolute atomic E-state index is 0.0276. The molecule has 0 saturated carbocycles. The number of halogens is 2. The summed E-state index contributed by atoms with van der Waals surface area (Å²) in [6, 6.07) is 16.0. The van der Waals surface area contributed by atoms with Gasteiger partial charge in [-0.3, -0.25) is 0 Å². The molecule has 0 N–H and O–H groups in total. The second kappa shape index (κ2) is 6.61. The molecule has 0 radical (unpaired) electrons. The van der Waals surface area contributed by atoms with Gasteiger partial charge in [-0.05, 0) is 23.3 Å². The van der Waals surface area contributed by atoms with Crippen molar-refractivity contribution in [2.75, 3.05) is 5.75 Å². The summed E-state index contributed by atoms with van der Waals surface area (Å²) in [6.07, 6.45) is 0. The van der Waals surface area contributed by atoms with E-state index in [4.69, 9.17) is 23.2 Å². The fourth-order valence-electron chi connectivity index (χ4n) is 1.87. The third-order valence-electron chi connectivity index (χ3n) is 2.86. The highest BCUT2D eigenvalue weighted by molar-refractivity contribution is 7.90. The summed E-state index contributed by atoms with van der Waals surface area (Å²) in [5.74, 6) is -0.110. The minimum atomic E-state index is -3.27. The lowest BCUT2D eigenvalue weighted by atomic mass is 10.2. The van der Waals surface area contributed by atoms with E-state index in [9.17, 15) is 8.42 Å². The molecule has 0 bridgehead atoms. The number of hydrogen-bond acceptors (Lipinski definition) is 2. The largest absolute Gasteiger partial charge is 0.228 e. The lowest BCUT2D eigenvalue weighted by Crippen LogP contribution is -2.13. The highest BCUT2D eigenvalue weighted by Crippen LogP contribution is 2.23. The Morgan fingerprint density at radius 1 is 0.950 bits per heavy atom. The van der Waals surface area contributed by atoms with Gasteiger partial charge in [0.1, 0.15) is 0 Å². The Bertz CT molecular complexity index is 652. The van der Waals surface area contributed by atoms with Crippen LogP contribution in [-0.2, 0) is 15.6 Å². The molecule has 20 heavy (non-hydrogen) atoms. The number of sulfone groups is 1. The van der Waals surface area contributed by atoms with Gasteiger partial charge in [0.15, 0.2) is 9.84 Å². The van der Waals surface area contributed by atoms with E-state index in [0.29, 0.717) is 10.6 Å². The van der Waals surface area contributed by atoms with E-state index in [1.165, 1.54) is 0 Å². The summed E-state index contributed by atoms with van der Waals surface area (Å²) in [5, 5.41) is 0.0548. The van der Waals surface area contributed by atoms with E-state index >= 15 is 0 Å². The molecule has 5 heteroatoms. The van der Waals surface area contributed by atoms with E-state index in [0.717, 1.165) is 5.56 Å². The first-order chi connectivity index (χ1) is 9.46. The highest BCUT2D eigenvalue weighted by Gasteiger charge is 2.19. The van der Waals surface area contributed by atoms with Crippen LogP contribution < -0.4 is 0 Å². The summed E-state index contributed by atoms with van der Waals surface area (Å²) in [7, 11) is -3.27. The number of alkyl halides is 1. The monoisotopic (exact) mass is 328 g/mol. The highest BCUT2D eigenvalue weighted by atomic mass is 35.5. The molecule has 2 nitrogen and oxygen atoms in total. The van der Waals surface area contributed by atoms with Crippen LogP contribution in [0.15, 0.2) is 54.6 Å². The summed E-state index contributed by atoms with van der Waals surface area (Å²) in [6.45, 7) is 0. The maximum atomic E-state index is 12.2. The van der Waals surface area contributed by atoms with Gasteiger partial charge in [0.05, 0.1) is 16.9 Å². The molecule has 0 aliphatic heterocycles. The molecular weight excluding hydrogens is 315 g/mol. The van der Waals surface area contributed by atoms with Crippen LogP contribution in [0.25, 0.3) is 0 Å². The Hall–Kier alpha value is -1.03. The van der Waals surface area contributed by atoms with Gasteiger partial charge in [-0.25, -0.2) is 8.42 Å². The van der Waals surface area contributed by atoms with Crippen molar-refractivity contribution in [3.05, 3.63) is 70.7 Å². The Balaban J connectivity index is 2.06. The molecule has 2 rings (SSSR count). The molecule has 0 heterocycles. The normalized spacial score (nSPS) is 13.1. The fraction of sp³-hybridized carbons (Fsp3) is 0.200. The van der Waals surface area contributed by atoms with Crippen LogP contribution in [0.1, 0.15) is 16.5 Å². The van der Waals surface area contributed by atoms with Crippen LogP contribution in [0.2, 0.25) is 5.02 Å². The van der Waals surface area contributed by atoms with Gasteiger partial charge in [-0.1, -0.05) is 54.1 Å². The molecule has 1 unspecified atom stereocenters. The van der Waals surface area contributed by atoms with Gasteiger partial charge < -0.3 is 0 Å². The predicted molar refractivity (Wildman–Crippen MR) is 84.0 cm³/mol. The van der Waals surface area contributed by atoms with E-state index in [1.807, 2.05) is 30.3 Å². The lowest BCUT2D eigenvalue weighted by molar-refractivity contribution is 0.594. The third kappa shape index (κ3) is 4.51. The van der Waals surface area contributed by atoms with E-state index in [1.54, 1.807) is 24.3 Å². The maximum absolute atomic E-state index is 12.2. The van der Waals surface area contributed by atoms with Crippen molar-refractivity contribution in [2.24, 2.45) is 0 Å². The van der Waals surface area contributed by atoms with Crippen molar-refractivity contribution in [1.82, 2.24) is 0 Å². The summed E-state index contributed by atoms with van der Waals surface area (Å²) < 4.78 is 24.3. The average Bonchev–Trinajstić information content (AvgIpc) is 2.41. The van der Waals surface area contributed by atoms with Gasteiger partial charge in [-0.2, -0.15) is 0 Å². The van der Waals surface area contributed by atoms with Crippen molar-refractivity contribution in [3.8, 4) is 0 Å². The van der Waals surface area contributed by atoms with Crippen LogP contribution in [-0.4, -0.2) is 14.2 Å². The first-order valence-corrected chi connectivity index (χ1v) is 8.74. The SMILES string of the molecule is O=S(=O)(Cc1ccc(Cl)cc1)CC(Cl)c1ccccc1. The summed E-state index contributed by atoms with van der Waals surface area (Å²) >= 11 is 12.0. The van der Waals surface area contributed by atoms with E-state index in [2.05, 4.69) is 0 Å². The molecule has 2 aromatic rings. The zero-order valence-electron chi connectivity index (χ0n) is 10.7. The third-order valence-corrected chi connectivity index (χ3v) is 5.32. The molecule has 0 amide bonds. The van der Waals surface area contributed by atoms with Gasteiger partial charge in [0.2, 0.25) is 0 Å². The molecule has 0 spiro atoms. The maximum Gasteiger partial charge on any atom is 0.156 e. The van der Waals surface area contributed by atoms with Crippen LogP contribution in [0.3, 0.4) is 0 Å². The molecule has 1 atom stereocenters. The van der Waals surface area contributed by atoms with E-state index in [-0.39, 0.29) is 11.5 Å². The zero-order chi connectivity index (χ0) is 14.6. The molecule has 106 valence electrons. The van der Waals surface area contributed by atoms with Crippen molar-refractivity contribution < 1.29 is 8.42 Å². The number of hydrogen-bond donors (Lipinski definition) is 0. The fourth-order valence-corrected chi connectivity index (χ4v) is 4.18. The van der Waals surface area contributed by atoms with E-state index < -0.39 is 15.2 Å². The van der Waals surface area contributed by atoms with Gasteiger partial charge in [0.25, 0.3) is 0 Å². The van der Waals surface area contributed by atoms with Crippen LogP contribution in [0, 0.1) is 0 Å². The Morgan fingerprint density at radius 3 is 2.15 bits per heavy atom. The lowest BCUT2D eigenvalue weighted by Gasteiger charge is -2.10. The molecule has 0 saturated heterocycles. The quantitative estimate of drug-likeness (QED) is 0.769. The molecule has 2 aromatic carbocycles. The van der Waals surface area contributed by atoms with Gasteiger partial charge in [-0.15, -0.1) is 11.6 Å². The van der Waals surface area contributed by atoms with Crippen molar-refractivity contribution in [1.29, 1.82) is 0 Å². The first kappa shape index (κ1) is 15.4.